The van der Waals surface area contributed by atoms with E-state index < -0.39 is 0 Å². The smallest absolute Gasteiger partial charge is 0.251 e. The minimum atomic E-state index is -0.129. The van der Waals surface area contributed by atoms with Crippen LogP contribution in [0.4, 0.5) is 0 Å². The molecule has 7 nitrogen and oxygen atoms in total. The summed E-state index contributed by atoms with van der Waals surface area (Å²) in [4.78, 5) is 11.9. The number of amides is 1. The van der Waals surface area contributed by atoms with E-state index in [-0.39, 0.29) is 24.4 Å². The minimum Gasteiger partial charge on any atom is -0.352 e. The highest BCUT2D eigenvalue weighted by molar-refractivity contribution is 5.94. The fraction of sp³-hybridized carbons (Fsp3) is 0.333. The molecule has 20 heavy (non-hydrogen) atoms. The summed E-state index contributed by atoms with van der Waals surface area (Å²) in [5.74, 6) is -0.129. The number of hydrogen-bond donors (Lipinski definition) is 2. The van der Waals surface area contributed by atoms with E-state index in [9.17, 15) is 4.79 Å². The van der Waals surface area contributed by atoms with Crippen LogP contribution in [0, 0.1) is 0 Å². The average molecular weight is 297 g/mol. The number of hydrogen-bond acceptors (Lipinski definition) is 5. The van der Waals surface area contributed by atoms with Gasteiger partial charge in [-0.15, -0.1) is 17.5 Å². The van der Waals surface area contributed by atoms with Crippen LogP contribution in [0.3, 0.4) is 0 Å². The number of nitrogens with two attached hydrogens (primary N) is 1. The molecule has 2 rings (SSSR count). The van der Waals surface area contributed by atoms with Crippen LogP contribution in [0.25, 0.3) is 5.69 Å². The molecular weight excluding hydrogens is 280 g/mol. The Hall–Kier alpha value is -1.99. The van der Waals surface area contributed by atoms with Crippen molar-refractivity contribution < 1.29 is 4.79 Å². The van der Waals surface area contributed by atoms with Crippen molar-refractivity contribution in [1.82, 2.24) is 25.5 Å². The molecular formula is C12H17ClN6O. The van der Waals surface area contributed by atoms with Gasteiger partial charge in [0.1, 0.15) is 6.33 Å². The Balaban J connectivity index is 0.00000200. The van der Waals surface area contributed by atoms with Gasteiger partial charge in [0.15, 0.2) is 0 Å². The fourth-order valence-corrected chi connectivity index (χ4v) is 1.58. The SMILES string of the molecule is CC(N)CCNC(=O)c1cccc(-n2cnnn2)c1.Cl. The molecule has 0 fully saturated rings. The summed E-state index contributed by atoms with van der Waals surface area (Å²) in [6, 6.07) is 7.17. The number of aromatic nitrogens is 4. The molecule has 1 aromatic heterocycles. The molecule has 1 heterocycles. The molecule has 0 saturated heterocycles. The van der Waals surface area contributed by atoms with E-state index in [2.05, 4.69) is 20.8 Å². The topological polar surface area (TPSA) is 98.7 Å². The maximum Gasteiger partial charge on any atom is 0.251 e. The molecule has 0 spiro atoms. The summed E-state index contributed by atoms with van der Waals surface area (Å²) < 4.78 is 1.50. The Labute approximate surface area is 123 Å². The first-order chi connectivity index (χ1) is 9.16. The van der Waals surface area contributed by atoms with Gasteiger partial charge < -0.3 is 11.1 Å². The summed E-state index contributed by atoms with van der Waals surface area (Å²) >= 11 is 0. The van der Waals surface area contributed by atoms with Crippen LogP contribution in [0.1, 0.15) is 23.7 Å². The van der Waals surface area contributed by atoms with Gasteiger partial charge >= 0.3 is 0 Å². The zero-order valence-electron chi connectivity index (χ0n) is 11.1. The standard InChI is InChI=1S/C12H16N6O.ClH/c1-9(13)5-6-14-12(19)10-3-2-4-11(7-10)18-8-15-16-17-18;/h2-4,7-9H,5-6,13H2,1H3,(H,14,19);1H. The summed E-state index contributed by atoms with van der Waals surface area (Å²) in [6.07, 6.45) is 2.23. The monoisotopic (exact) mass is 296 g/mol. The molecule has 1 aromatic carbocycles. The van der Waals surface area contributed by atoms with Gasteiger partial charge in [0.25, 0.3) is 5.91 Å². The zero-order chi connectivity index (χ0) is 13.7. The molecule has 0 aliphatic rings. The van der Waals surface area contributed by atoms with Gasteiger partial charge in [0, 0.05) is 18.2 Å². The number of carbonyl (C=O) groups is 1. The molecule has 0 aliphatic carbocycles. The van der Waals surface area contributed by atoms with Gasteiger partial charge in [0.05, 0.1) is 5.69 Å². The average Bonchev–Trinajstić information content (AvgIpc) is 2.92. The van der Waals surface area contributed by atoms with Gasteiger partial charge in [-0.2, -0.15) is 0 Å². The number of rotatable bonds is 5. The van der Waals surface area contributed by atoms with Crippen molar-refractivity contribution in [2.24, 2.45) is 5.73 Å². The van der Waals surface area contributed by atoms with Gasteiger partial charge in [-0.1, -0.05) is 6.07 Å². The summed E-state index contributed by atoms with van der Waals surface area (Å²) in [5, 5.41) is 13.7. The highest BCUT2D eigenvalue weighted by Crippen LogP contribution is 2.08. The highest BCUT2D eigenvalue weighted by Gasteiger charge is 2.07. The number of tetrazole rings is 1. The maximum atomic E-state index is 11.9. The third-order valence-corrected chi connectivity index (χ3v) is 2.61. The Kier molecular flexibility index (Phi) is 6.08. The minimum absolute atomic E-state index is 0. The van der Waals surface area contributed by atoms with Gasteiger partial charge in [-0.05, 0) is 42.0 Å². The van der Waals surface area contributed by atoms with Crippen LogP contribution in [-0.4, -0.2) is 38.7 Å². The molecule has 0 aliphatic heterocycles. The molecule has 0 radical (unpaired) electrons. The molecule has 108 valence electrons. The number of carbonyl (C=O) groups excluding carboxylic acids is 1. The Bertz CT molecular complexity index is 543. The second kappa shape index (κ2) is 7.56. The largest absolute Gasteiger partial charge is 0.352 e. The Morgan fingerprint density at radius 3 is 2.95 bits per heavy atom. The predicted octanol–water partition coefficient (Wildman–Crippen LogP) is 0.551. The third kappa shape index (κ3) is 4.29. The van der Waals surface area contributed by atoms with Crippen molar-refractivity contribution in [3.05, 3.63) is 36.2 Å². The van der Waals surface area contributed by atoms with E-state index in [0.717, 1.165) is 12.1 Å². The molecule has 1 atom stereocenters. The van der Waals surface area contributed by atoms with Crippen LogP contribution in [0.15, 0.2) is 30.6 Å². The maximum absolute atomic E-state index is 11.9. The van der Waals surface area contributed by atoms with Crippen molar-refractivity contribution in [2.75, 3.05) is 6.54 Å². The van der Waals surface area contributed by atoms with Gasteiger partial charge in [-0.25, -0.2) is 4.68 Å². The normalized spacial score (nSPS) is 11.5. The molecule has 8 heteroatoms. The molecule has 0 saturated carbocycles. The lowest BCUT2D eigenvalue weighted by atomic mass is 10.2. The first kappa shape index (κ1) is 16.1. The van der Waals surface area contributed by atoms with Crippen LogP contribution >= 0.6 is 12.4 Å². The number of nitrogens with one attached hydrogen (secondary N) is 1. The highest BCUT2D eigenvalue weighted by atomic mass is 35.5. The van der Waals surface area contributed by atoms with Gasteiger partial charge in [-0.3, -0.25) is 4.79 Å². The summed E-state index contributed by atoms with van der Waals surface area (Å²) in [7, 11) is 0. The van der Waals surface area contributed by atoms with Crippen LogP contribution in [-0.2, 0) is 0 Å². The molecule has 2 aromatic rings. The van der Waals surface area contributed by atoms with Crippen LogP contribution < -0.4 is 11.1 Å². The van der Waals surface area contributed by atoms with Crippen LogP contribution in [0.5, 0.6) is 0 Å². The molecule has 3 N–H and O–H groups in total. The van der Waals surface area contributed by atoms with Crippen molar-refractivity contribution in [3.8, 4) is 5.69 Å². The fourth-order valence-electron chi connectivity index (χ4n) is 1.58. The second-order valence-electron chi connectivity index (χ2n) is 4.33. The Morgan fingerprint density at radius 2 is 2.30 bits per heavy atom. The van der Waals surface area contributed by atoms with E-state index in [1.807, 2.05) is 13.0 Å². The number of benzene rings is 1. The van der Waals surface area contributed by atoms with Crippen molar-refractivity contribution in [2.45, 2.75) is 19.4 Å². The predicted molar refractivity (Wildman–Crippen MR) is 77.0 cm³/mol. The van der Waals surface area contributed by atoms with Crippen LogP contribution in [0.2, 0.25) is 0 Å². The quantitative estimate of drug-likeness (QED) is 0.839. The number of halogens is 1. The second-order valence-corrected chi connectivity index (χ2v) is 4.33. The third-order valence-electron chi connectivity index (χ3n) is 2.61. The van der Waals surface area contributed by atoms with Crippen molar-refractivity contribution in [3.63, 3.8) is 0 Å². The van der Waals surface area contributed by atoms with E-state index in [4.69, 9.17) is 5.73 Å². The lowest BCUT2D eigenvalue weighted by Crippen LogP contribution is -2.29. The van der Waals surface area contributed by atoms with Gasteiger partial charge in [0.2, 0.25) is 0 Å². The van der Waals surface area contributed by atoms with E-state index in [1.165, 1.54) is 11.0 Å². The molecule has 1 amide bonds. The lowest BCUT2D eigenvalue weighted by Gasteiger charge is -2.08. The van der Waals surface area contributed by atoms with E-state index >= 15 is 0 Å². The summed E-state index contributed by atoms with van der Waals surface area (Å²) in [6.45, 7) is 2.47. The summed E-state index contributed by atoms with van der Waals surface area (Å²) in [5.41, 5.74) is 6.94. The van der Waals surface area contributed by atoms with E-state index in [0.29, 0.717) is 12.1 Å². The number of nitrogens with zero attached hydrogens (tertiary/aromatic N) is 4. The zero-order valence-corrected chi connectivity index (χ0v) is 11.9. The van der Waals surface area contributed by atoms with Crippen molar-refractivity contribution in [1.29, 1.82) is 0 Å². The Morgan fingerprint density at radius 1 is 1.50 bits per heavy atom. The van der Waals surface area contributed by atoms with E-state index in [1.54, 1.807) is 18.2 Å². The first-order valence-electron chi connectivity index (χ1n) is 6.04. The lowest BCUT2D eigenvalue weighted by molar-refractivity contribution is 0.0953. The molecule has 0 bridgehead atoms. The van der Waals surface area contributed by atoms with Crippen molar-refractivity contribution >= 4 is 18.3 Å². The first-order valence-corrected chi connectivity index (χ1v) is 6.04. The molecule has 1 unspecified atom stereocenters.